The number of hydrogen-bond acceptors (Lipinski definition) is 12. The highest BCUT2D eigenvalue weighted by Crippen LogP contribution is 2.37. The van der Waals surface area contributed by atoms with E-state index in [0.717, 1.165) is 33.7 Å². The Morgan fingerprint density at radius 2 is 1.25 bits per heavy atom. The molecule has 60 heavy (non-hydrogen) atoms. The highest BCUT2D eigenvalue weighted by molar-refractivity contribution is 5.78. The summed E-state index contributed by atoms with van der Waals surface area (Å²) in [7, 11) is 0. The number of hydrogen-bond donors (Lipinski definition) is 1. The Bertz CT molecular complexity index is 1960. The molecule has 5 atom stereocenters. The molecule has 1 aliphatic heterocycles. The summed E-state index contributed by atoms with van der Waals surface area (Å²) in [5.74, 6) is -1.65. The van der Waals surface area contributed by atoms with E-state index < -0.39 is 82.8 Å². The number of carbonyl (C=O) groups excluding carboxylic acids is 4. The highest BCUT2D eigenvalue weighted by atomic mass is 16.7. The number of aromatic nitrogens is 2. The average Bonchev–Trinajstić information content (AvgIpc) is 3.53. The topological polar surface area (TPSA) is 162 Å². The van der Waals surface area contributed by atoms with E-state index in [9.17, 15) is 19.2 Å². The monoisotopic (exact) mass is 834 g/mol. The van der Waals surface area contributed by atoms with Gasteiger partial charge in [-0.2, -0.15) is 0 Å². The molecule has 0 saturated carbocycles. The molecule has 1 fully saturated rings. The average molecular weight is 835 g/mol. The molecule has 1 saturated heterocycles. The quantitative estimate of drug-likeness (QED) is 0.129. The van der Waals surface area contributed by atoms with E-state index in [4.69, 9.17) is 33.2 Å². The van der Waals surface area contributed by atoms with Crippen LogP contribution in [0.15, 0.2) is 48.5 Å². The highest BCUT2D eigenvalue weighted by Gasteiger charge is 2.56. The molecule has 0 spiro atoms. The second-order valence-electron chi connectivity index (χ2n) is 20.0. The van der Waals surface area contributed by atoms with Gasteiger partial charge in [0.25, 0.3) is 0 Å². The number of rotatable bonds is 13. The van der Waals surface area contributed by atoms with Crippen molar-refractivity contribution < 1.29 is 52.3 Å². The standard InChI is InChI=1S/C47H66N2O11/c1-27(2)34-32(24-30-21-22-31(23-28(30)3)54-25-29-19-17-16-18-20-29)38(49-48-34)60-39-37(59-43(53)47(13,14)15)36(58-42(52)46(10,11)12)35(57-41(51)45(7,8)9)33(56-39)26-55-40(50)44(4,5)6/h16-23,27,33,35-37,39H,24-26H2,1-15H3,(H,48,49)/t33-,35-,36+,37-,39+/m1/s1. The van der Waals surface area contributed by atoms with Gasteiger partial charge in [-0.15, -0.1) is 5.10 Å². The van der Waals surface area contributed by atoms with Crippen LogP contribution in [-0.4, -0.2) is 71.4 Å². The first-order valence-corrected chi connectivity index (χ1v) is 20.6. The first-order valence-electron chi connectivity index (χ1n) is 20.6. The van der Waals surface area contributed by atoms with Crippen molar-refractivity contribution in [2.24, 2.45) is 21.7 Å². The number of carbonyl (C=O) groups is 4. The van der Waals surface area contributed by atoms with Gasteiger partial charge in [0.2, 0.25) is 18.3 Å². The van der Waals surface area contributed by atoms with E-state index in [1.54, 1.807) is 83.1 Å². The molecule has 0 aliphatic carbocycles. The summed E-state index contributed by atoms with van der Waals surface area (Å²) in [5.41, 5.74) is 0.607. The van der Waals surface area contributed by atoms with Crippen LogP contribution in [0.25, 0.3) is 0 Å². The number of aromatic amines is 1. The summed E-state index contributed by atoms with van der Waals surface area (Å²) >= 11 is 0. The van der Waals surface area contributed by atoms with Crippen LogP contribution < -0.4 is 9.47 Å². The molecule has 3 aromatic rings. The van der Waals surface area contributed by atoms with Crippen LogP contribution in [0.4, 0.5) is 0 Å². The Morgan fingerprint density at radius 3 is 1.77 bits per heavy atom. The van der Waals surface area contributed by atoms with Gasteiger partial charge >= 0.3 is 23.9 Å². The van der Waals surface area contributed by atoms with Crippen molar-refractivity contribution in [2.45, 2.75) is 154 Å². The third-order valence-corrected chi connectivity index (χ3v) is 9.74. The Balaban J connectivity index is 1.81. The second kappa shape index (κ2) is 18.8. The van der Waals surface area contributed by atoms with Crippen molar-refractivity contribution in [3.8, 4) is 11.6 Å². The fourth-order valence-electron chi connectivity index (χ4n) is 5.89. The van der Waals surface area contributed by atoms with Crippen LogP contribution in [-0.2, 0) is 55.9 Å². The Hall–Kier alpha value is -4.91. The van der Waals surface area contributed by atoms with Gasteiger partial charge in [-0.05, 0) is 125 Å². The number of ether oxygens (including phenoxy) is 7. The van der Waals surface area contributed by atoms with E-state index in [0.29, 0.717) is 13.0 Å². The SMILES string of the molecule is Cc1cc(OCc2ccccc2)ccc1Cc1c(O[C@@H]2O[C@H](COC(=O)C(C)(C)C)[C@@H](OC(=O)C(C)(C)C)[C@H](OC(=O)C(C)(C)C)[C@H]2OC(=O)C(C)(C)C)n[nH]c1C(C)C. The smallest absolute Gasteiger partial charge is 0.311 e. The third kappa shape index (κ3) is 12.6. The first-order chi connectivity index (χ1) is 27.7. The van der Waals surface area contributed by atoms with Crippen molar-refractivity contribution in [3.63, 3.8) is 0 Å². The molecule has 13 heteroatoms. The minimum absolute atomic E-state index is 0.00772. The lowest BCUT2D eigenvalue weighted by atomic mass is 9.93. The van der Waals surface area contributed by atoms with E-state index in [-0.39, 0.29) is 11.8 Å². The van der Waals surface area contributed by atoms with Gasteiger partial charge in [-0.25, -0.2) is 0 Å². The van der Waals surface area contributed by atoms with E-state index in [1.807, 2.05) is 69.3 Å². The lowest BCUT2D eigenvalue weighted by Crippen LogP contribution is -2.65. The van der Waals surface area contributed by atoms with Crippen molar-refractivity contribution in [3.05, 3.63) is 76.5 Å². The molecule has 0 radical (unpaired) electrons. The molecule has 2 aromatic carbocycles. The zero-order valence-corrected chi connectivity index (χ0v) is 38.1. The first kappa shape index (κ1) is 47.8. The summed E-state index contributed by atoms with van der Waals surface area (Å²) < 4.78 is 43.5. The maximum Gasteiger partial charge on any atom is 0.311 e. The maximum atomic E-state index is 13.8. The molecule has 330 valence electrons. The summed E-state index contributed by atoms with van der Waals surface area (Å²) in [6.07, 6.45) is -6.69. The predicted molar refractivity (Wildman–Crippen MR) is 225 cm³/mol. The summed E-state index contributed by atoms with van der Waals surface area (Å²) in [6.45, 7) is 26.2. The van der Waals surface area contributed by atoms with Gasteiger partial charge in [0.15, 0.2) is 12.2 Å². The molecular weight excluding hydrogens is 769 g/mol. The molecule has 1 aromatic heterocycles. The largest absolute Gasteiger partial charge is 0.489 e. The summed E-state index contributed by atoms with van der Waals surface area (Å²) in [4.78, 5) is 54.3. The predicted octanol–water partition coefficient (Wildman–Crippen LogP) is 8.58. The van der Waals surface area contributed by atoms with Crippen molar-refractivity contribution >= 4 is 23.9 Å². The van der Waals surface area contributed by atoms with Crippen LogP contribution in [0.5, 0.6) is 11.6 Å². The maximum absolute atomic E-state index is 13.8. The lowest BCUT2D eigenvalue weighted by Gasteiger charge is -2.45. The number of nitrogens with zero attached hydrogens (tertiary/aromatic N) is 1. The van der Waals surface area contributed by atoms with Crippen LogP contribution in [0.1, 0.15) is 131 Å². The van der Waals surface area contributed by atoms with Gasteiger partial charge in [-0.3, -0.25) is 24.3 Å². The van der Waals surface area contributed by atoms with Gasteiger partial charge in [-0.1, -0.05) is 50.2 Å². The fraction of sp³-hybridized carbons (Fsp3) is 0.596. The zero-order chi connectivity index (χ0) is 45.0. The van der Waals surface area contributed by atoms with Crippen LogP contribution in [0.2, 0.25) is 0 Å². The number of H-pyrrole nitrogens is 1. The molecule has 0 unspecified atom stereocenters. The van der Waals surface area contributed by atoms with Gasteiger partial charge in [0, 0.05) is 17.7 Å². The molecular formula is C47H66N2O11. The normalized spacial score (nSPS) is 20.0. The van der Waals surface area contributed by atoms with E-state index in [2.05, 4.69) is 10.2 Å². The van der Waals surface area contributed by atoms with Crippen LogP contribution in [0.3, 0.4) is 0 Å². The van der Waals surface area contributed by atoms with E-state index in [1.165, 1.54) is 0 Å². The van der Waals surface area contributed by atoms with Gasteiger partial charge < -0.3 is 33.2 Å². The van der Waals surface area contributed by atoms with Crippen molar-refractivity contribution in [2.75, 3.05) is 6.61 Å². The molecule has 1 aliphatic rings. The minimum atomic E-state index is -1.49. The molecule has 0 bridgehead atoms. The number of aryl methyl sites for hydroxylation is 1. The Morgan fingerprint density at radius 1 is 0.717 bits per heavy atom. The Kier molecular flexibility index (Phi) is 15.0. The van der Waals surface area contributed by atoms with Crippen molar-refractivity contribution in [1.82, 2.24) is 10.2 Å². The molecule has 13 nitrogen and oxygen atoms in total. The van der Waals surface area contributed by atoms with Gasteiger partial charge in [0.1, 0.15) is 25.1 Å². The minimum Gasteiger partial charge on any atom is -0.489 e. The number of benzene rings is 2. The molecule has 1 N–H and O–H groups in total. The van der Waals surface area contributed by atoms with Crippen molar-refractivity contribution in [1.29, 1.82) is 0 Å². The zero-order valence-electron chi connectivity index (χ0n) is 38.1. The molecule has 2 heterocycles. The molecule has 0 amide bonds. The number of nitrogens with one attached hydrogen (secondary N) is 1. The third-order valence-electron chi connectivity index (χ3n) is 9.74. The fourth-order valence-corrected chi connectivity index (χ4v) is 5.89. The van der Waals surface area contributed by atoms with Gasteiger partial charge in [0.05, 0.1) is 21.7 Å². The van der Waals surface area contributed by atoms with Crippen LogP contribution in [0, 0.1) is 28.6 Å². The summed E-state index contributed by atoms with van der Waals surface area (Å²) in [5, 5.41) is 7.71. The Labute approximate surface area is 355 Å². The molecule has 4 rings (SSSR count). The van der Waals surface area contributed by atoms with E-state index >= 15 is 0 Å². The lowest BCUT2D eigenvalue weighted by molar-refractivity contribution is -0.294. The summed E-state index contributed by atoms with van der Waals surface area (Å²) in [6, 6.07) is 15.8. The second-order valence-corrected chi connectivity index (χ2v) is 20.0. The number of esters is 4. The van der Waals surface area contributed by atoms with Crippen LogP contribution >= 0.6 is 0 Å².